The molecule has 1 aliphatic heterocycles. The molecule has 1 saturated carbocycles. The van der Waals surface area contributed by atoms with Crippen molar-refractivity contribution in [3.05, 3.63) is 18.2 Å². The third-order valence-corrected chi connectivity index (χ3v) is 4.95. The van der Waals surface area contributed by atoms with Gasteiger partial charge in [-0.1, -0.05) is 26.2 Å². The van der Waals surface area contributed by atoms with Crippen LogP contribution < -0.4 is 14.8 Å². The number of esters is 1. The highest BCUT2D eigenvalue weighted by molar-refractivity contribution is 5.95. The zero-order valence-corrected chi connectivity index (χ0v) is 14.2. The first-order chi connectivity index (χ1) is 11.7. The van der Waals surface area contributed by atoms with Crippen LogP contribution in [0.5, 0.6) is 11.5 Å². The molecule has 0 atom stereocenters. The summed E-state index contributed by atoms with van der Waals surface area (Å²) in [4.78, 5) is 23.6. The molecule has 0 radical (unpaired) electrons. The van der Waals surface area contributed by atoms with Crippen LogP contribution in [0.2, 0.25) is 0 Å². The lowest BCUT2D eigenvalue weighted by Crippen LogP contribution is -2.26. The van der Waals surface area contributed by atoms with Crippen molar-refractivity contribution in [2.24, 2.45) is 11.8 Å². The number of amides is 1. The van der Waals surface area contributed by atoms with E-state index in [0.29, 0.717) is 17.2 Å². The lowest BCUT2D eigenvalue weighted by molar-refractivity contribution is -0.140. The third-order valence-electron chi connectivity index (χ3n) is 4.95. The highest BCUT2D eigenvalue weighted by Crippen LogP contribution is 2.35. The average molecular weight is 331 g/mol. The zero-order chi connectivity index (χ0) is 16.9. The smallest absolute Gasteiger partial charge is 0.314 e. The molecular weight excluding hydrogens is 306 g/mol. The van der Waals surface area contributed by atoms with Crippen LogP contribution in [-0.2, 0) is 9.59 Å². The van der Waals surface area contributed by atoms with Crippen LogP contribution in [0.1, 0.15) is 51.9 Å². The van der Waals surface area contributed by atoms with E-state index in [2.05, 4.69) is 12.2 Å². The highest BCUT2D eigenvalue weighted by Gasteiger charge is 2.28. The highest BCUT2D eigenvalue weighted by atomic mass is 16.5. The fourth-order valence-corrected chi connectivity index (χ4v) is 3.50. The molecule has 0 aromatic heterocycles. The van der Waals surface area contributed by atoms with Gasteiger partial charge in [-0.2, -0.15) is 0 Å². The van der Waals surface area contributed by atoms with Crippen molar-refractivity contribution in [1.29, 1.82) is 0 Å². The van der Waals surface area contributed by atoms with Crippen molar-refractivity contribution in [2.75, 3.05) is 11.9 Å². The predicted octanol–water partition coefficient (Wildman–Crippen LogP) is 3.92. The topological polar surface area (TPSA) is 64.6 Å². The minimum atomic E-state index is -0.174. The minimum absolute atomic E-state index is 0.000435. The number of ether oxygens (including phenoxy) is 2. The van der Waals surface area contributed by atoms with Crippen LogP contribution >= 0.6 is 0 Å². The Morgan fingerprint density at radius 2 is 2.08 bits per heavy atom. The Labute approximate surface area is 142 Å². The summed E-state index contributed by atoms with van der Waals surface area (Å²) < 4.78 is 10.9. The number of benzene rings is 1. The van der Waals surface area contributed by atoms with E-state index >= 15 is 0 Å². The Balaban J connectivity index is 1.53. The van der Waals surface area contributed by atoms with Crippen molar-refractivity contribution in [2.45, 2.75) is 51.9 Å². The minimum Gasteiger partial charge on any atom is -0.481 e. The molecule has 24 heavy (non-hydrogen) atoms. The van der Waals surface area contributed by atoms with Gasteiger partial charge in [-0.25, -0.2) is 0 Å². The van der Waals surface area contributed by atoms with Gasteiger partial charge >= 0.3 is 5.97 Å². The number of rotatable bonds is 5. The van der Waals surface area contributed by atoms with E-state index in [1.165, 1.54) is 19.3 Å². The summed E-state index contributed by atoms with van der Waals surface area (Å²) in [6.07, 6.45) is 7.90. The molecule has 0 saturated heterocycles. The number of carbonyl (C=O) groups is 2. The first kappa shape index (κ1) is 16.8. The molecule has 0 bridgehead atoms. The number of unbranched alkanes of at least 4 members (excludes halogenated alkanes) is 1. The summed E-state index contributed by atoms with van der Waals surface area (Å²) in [5.74, 6) is 1.47. The largest absolute Gasteiger partial charge is 0.481 e. The number of carbonyl (C=O) groups excluding carboxylic acids is 2. The predicted molar refractivity (Wildman–Crippen MR) is 91.2 cm³/mol. The summed E-state index contributed by atoms with van der Waals surface area (Å²) in [7, 11) is 0. The number of nitrogens with one attached hydrogen (secondary N) is 1. The summed E-state index contributed by atoms with van der Waals surface area (Å²) >= 11 is 0. The number of hydrogen-bond acceptors (Lipinski definition) is 4. The summed E-state index contributed by atoms with van der Waals surface area (Å²) in [5, 5.41) is 2.72. The Morgan fingerprint density at radius 1 is 1.29 bits per heavy atom. The van der Waals surface area contributed by atoms with Gasteiger partial charge in [0.1, 0.15) is 11.5 Å². The van der Waals surface area contributed by atoms with Gasteiger partial charge in [0, 0.05) is 6.07 Å². The van der Waals surface area contributed by atoms with Crippen molar-refractivity contribution >= 4 is 17.6 Å². The lowest BCUT2D eigenvalue weighted by atomic mass is 9.80. The molecule has 1 aliphatic carbocycles. The normalized spacial score (nSPS) is 23.0. The molecule has 1 aromatic rings. The Kier molecular flexibility index (Phi) is 5.38. The maximum atomic E-state index is 12.4. The second kappa shape index (κ2) is 7.69. The second-order valence-corrected chi connectivity index (χ2v) is 6.78. The molecule has 130 valence electrons. The first-order valence-electron chi connectivity index (χ1n) is 8.94. The second-order valence-electron chi connectivity index (χ2n) is 6.78. The molecule has 2 aliphatic rings. The molecule has 0 spiro atoms. The maximum Gasteiger partial charge on any atom is 0.314 e. The van der Waals surface area contributed by atoms with Gasteiger partial charge in [-0.15, -0.1) is 0 Å². The van der Waals surface area contributed by atoms with Crippen molar-refractivity contribution in [1.82, 2.24) is 0 Å². The van der Waals surface area contributed by atoms with Gasteiger partial charge in [0.05, 0.1) is 11.6 Å². The third kappa shape index (κ3) is 4.08. The number of hydrogen-bond donors (Lipinski definition) is 1. The fourth-order valence-electron chi connectivity index (χ4n) is 3.50. The zero-order valence-electron chi connectivity index (χ0n) is 14.2. The molecule has 1 heterocycles. The monoisotopic (exact) mass is 331 g/mol. The van der Waals surface area contributed by atoms with Gasteiger partial charge in [0.25, 0.3) is 5.91 Å². The van der Waals surface area contributed by atoms with Gasteiger partial charge < -0.3 is 14.8 Å². The van der Waals surface area contributed by atoms with Gasteiger partial charge in [0.15, 0.2) is 6.61 Å². The quantitative estimate of drug-likeness (QED) is 0.656. The van der Waals surface area contributed by atoms with Crippen LogP contribution in [0.4, 0.5) is 5.69 Å². The van der Waals surface area contributed by atoms with Gasteiger partial charge in [0.2, 0.25) is 0 Å². The van der Waals surface area contributed by atoms with Crippen molar-refractivity contribution in [3.63, 3.8) is 0 Å². The lowest BCUT2D eigenvalue weighted by Gasteiger charge is -2.27. The Hall–Kier alpha value is -2.04. The molecule has 3 rings (SSSR count). The molecule has 5 nitrogen and oxygen atoms in total. The van der Waals surface area contributed by atoms with Crippen LogP contribution in [0.25, 0.3) is 0 Å². The Morgan fingerprint density at radius 3 is 2.83 bits per heavy atom. The molecule has 5 heteroatoms. The molecular formula is C19H25NO4. The van der Waals surface area contributed by atoms with E-state index in [0.717, 1.165) is 31.6 Å². The van der Waals surface area contributed by atoms with Gasteiger partial charge in [-0.3, -0.25) is 9.59 Å². The van der Waals surface area contributed by atoms with E-state index in [1.54, 1.807) is 18.2 Å². The summed E-state index contributed by atoms with van der Waals surface area (Å²) in [6, 6.07) is 5.06. The van der Waals surface area contributed by atoms with Gasteiger partial charge in [-0.05, 0) is 43.7 Å². The van der Waals surface area contributed by atoms with E-state index in [-0.39, 0.29) is 24.4 Å². The maximum absolute atomic E-state index is 12.4. The average Bonchev–Trinajstić information content (AvgIpc) is 2.60. The van der Waals surface area contributed by atoms with Crippen molar-refractivity contribution in [3.8, 4) is 11.5 Å². The van der Waals surface area contributed by atoms with E-state index in [4.69, 9.17) is 9.47 Å². The fraction of sp³-hybridized carbons (Fsp3) is 0.579. The molecule has 0 unspecified atom stereocenters. The van der Waals surface area contributed by atoms with Crippen LogP contribution in [0.3, 0.4) is 0 Å². The van der Waals surface area contributed by atoms with E-state index in [9.17, 15) is 9.59 Å². The summed E-state index contributed by atoms with van der Waals surface area (Å²) in [5.41, 5.74) is 0.613. The van der Waals surface area contributed by atoms with E-state index < -0.39 is 0 Å². The molecule has 1 aromatic carbocycles. The van der Waals surface area contributed by atoms with Crippen molar-refractivity contribution < 1.29 is 19.1 Å². The van der Waals surface area contributed by atoms with E-state index in [1.807, 2.05) is 0 Å². The standard InChI is InChI=1S/C19H25NO4/c1-2-3-4-13-5-7-14(8-6-13)19(22)24-15-9-10-16-17(11-15)23-12-18(21)20-16/h9-11,13-14H,2-8,12H2,1H3,(H,20,21). The number of anilines is 1. The first-order valence-corrected chi connectivity index (χ1v) is 8.94. The number of fused-ring (bicyclic) bond motifs is 1. The SMILES string of the molecule is CCCCC1CCC(C(=O)Oc2ccc3c(c2)OCC(=O)N3)CC1. The van der Waals surface area contributed by atoms with Crippen LogP contribution in [0, 0.1) is 11.8 Å². The van der Waals surface area contributed by atoms with Crippen LogP contribution in [-0.4, -0.2) is 18.5 Å². The summed E-state index contributed by atoms with van der Waals surface area (Å²) in [6.45, 7) is 2.21. The Bertz CT molecular complexity index is 605. The van der Waals surface area contributed by atoms with Crippen LogP contribution in [0.15, 0.2) is 18.2 Å². The molecule has 1 amide bonds. The molecule has 1 fully saturated rings. The molecule has 1 N–H and O–H groups in total.